The summed E-state index contributed by atoms with van der Waals surface area (Å²) in [7, 11) is 3.31. The van der Waals surface area contributed by atoms with Crippen LogP contribution in [0.15, 0.2) is 78.9 Å². The van der Waals surface area contributed by atoms with E-state index < -0.39 is 0 Å². The zero-order valence-corrected chi connectivity index (χ0v) is 16.4. The Morgan fingerprint density at radius 1 is 0.862 bits per heavy atom. The highest BCUT2D eigenvalue weighted by molar-refractivity contribution is 5.94. The van der Waals surface area contributed by atoms with Gasteiger partial charge in [0.05, 0.1) is 0 Å². The van der Waals surface area contributed by atoms with Crippen molar-refractivity contribution in [1.29, 1.82) is 0 Å². The Balaban J connectivity index is 1.54. The first-order valence-electron chi connectivity index (χ1n) is 9.21. The fourth-order valence-corrected chi connectivity index (χ4v) is 2.70. The summed E-state index contributed by atoms with van der Waals surface area (Å²) >= 11 is 0. The first kappa shape index (κ1) is 19.9. The van der Waals surface area contributed by atoms with Crippen LogP contribution in [0.1, 0.15) is 15.9 Å². The Morgan fingerprint density at radius 3 is 2.10 bits per heavy atom. The van der Waals surface area contributed by atoms with E-state index in [1.54, 1.807) is 55.4 Å². The lowest BCUT2D eigenvalue weighted by molar-refractivity contribution is 0.0963. The number of hydrogen-bond donors (Lipinski definition) is 2. The van der Waals surface area contributed by atoms with E-state index >= 15 is 0 Å². The Bertz CT molecular complexity index is 955. The summed E-state index contributed by atoms with van der Waals surface area (Å²) in [6, 6.07) is 23.6. The van der Waals surface area contributed by atoms with Crippen LogP contribution in [0.2, 0.25) is 0 Å². The highest BCUT2D eigenvalue weighted by Crippen LogP contribution is 2.22. The maximum atomic E-state index is 12.4. The van der Waals surface area contributed by atoms with Crippen molar-refractivity contribution in [2.45, 2.75) is 6.54 Å². The summed E-state index contributed by atoms with van der Waals surface area (Å²) in [4.78, 5) is 25.6. The molecule has 0 unspecified atom stereocenters. The van der Waals surface area contributed by atoms with Crippen LogP contribution >= 0.6 is 0 Å². The average molecular weight is 389 g/mol. The van der Waals surface area contributed by atoms with E-state index in [1.165, 1.54) is 0 Å². The van der Waals surface area contributed by atoms with Crippen LogP contribution in [0.3, 0.4) is 0 Å². The van der Waals surface area contributed by atoms with Gasteiger partial charge in [-0.05, 0) is 54.1 Å². The van der Waals surface area contributed by atoms with Gasteiger partial charge in [-0.1, -0.05) is 30.3 Å². The van der Waals surface area contributed by atoms with E-state index in [1.807, 2.05) is 42.5 Å². The number of anilines is 1. The number of carbonyl (C=O) groups excluding carboxylic acids is 2. The molecule has 0 aliphatic heterocycles. The number of carbonyl (C=O) groups is 2. The van der Waals surface area contributed by atoms with E-state index in [-0.39, 0.29) is 11.9 Å². The maximum Gasteiger partial charge on any atom is 0.321 e. The number of urea groups is 1. The molecule has 0 saturated carbocycles. The van der Waals surface area contributed by atoms with Crippen molar-refractivity contribution >= 4 is 17.6 Å². The van der Waals surface area contributed by atoms with Crippen molar-refractivity contribution in [1.82, 2.24) is 10.2 Å². The van der Waals surface area contributed by atoms with Crippen LogP contribution in [0.5, 0.6) is 11.5 Å². The molecule has 0 aliphatic carbocycles. The minimum absolute atomic E-state index is 0.137. The van der Waals surface area contributed by atoms with E-state index in [9.17, 15) is 9.59 Å². The summed E-state index contributed by atoms with van der Waals surface area (Å²) in [5.74, 6) is 1.31. The fraction of sp³-hybridized carbons (Fsp3) is 0.130. The number of para-hydroxylation sites is 1. The second-order valence-electron chi connectivity index (χ2n) is 6.50. The van der Waals surface area contributed by atoms with Crippen molar-refractivity contribution < 1.29 is 14.3 Å². The van der Waals surface area contributed by atoms with Crippen LogP contribution in [-0.4, -0.2) is 30.9 Å². The summed E-state index contributed by atoms with van der Waals surface area (Å²) in [5.41, 5.74) is 2.19. The van der Waals surface area contributed by atoms with Gasteiger partial charge in [-0.2, -0.15) is 0 Å². The first-order chi connectivity index (χ1) is 14.0. The molecule has 0 fully saturated rings. The molecule has 0 aliphatic rings. The molecular formula is C23H23N3O3. The molecule has 2 N–H and O–H groups in total. The molecule has 0 spiro atoms. The summed E-state index contributed by atoms with van der Waals surface area (Å²) in [6.07, 6.45) is 0. The van der Waals surface area contributed by atoms with Gasteiger partial charge in [0.1, 0.15) is 11.5 Å². The number of nitrogens with zero attached hydrogens (tertiary/aromatic N) is 1. The van der Waals surface area contributed by atoms with E-state index in [0.717, 1.165) is 11.3 Å². The van der Waals surface area contributed by atoms with Gasteiger partial charge in [-0.25, -0.2) is 4.79 Å². The molecule has 0 bridgehead atoms. The van der Waals surface area contributed by atoms with Gasteiger partial charge in [0.2, 0.25) is 0 Å². The smallest absolute Gasteiger partial charge is 0.321 e. The third-order valence-electron chi connectivity index (χ3n) is 4.29. The Labute approximate surface area is 170 Å². The van der Waals surface area contributed by atoms with Gasteiger partial charge < -0.3 is 20.3 Å². The first-order valence-corrected chi connectivity index (χ1v) is 9.21. The van der Waals surface area contributed by atoms with Crippen molar-refractivity contribution in [3.63, 3.8) is 0 Å². The molecule has 148 valence electrons. The van der Waals surface area contributed by atoms with Gasteiger partial charge >= 0.3 is 6.03 Å². The molecule has 0 saturated heterocycles. The van der Waals surface area contributed by atoms with Gasteiger partial charge in [-0.15, -0.1) is 0 Å². The van der Waals surface area contributed by atoms with Crippen molar-refractivity contribution in [3.8, 4) is 11.5 Å². The monoisotopic (exact) mass is 389 g/mol. The Hall–Kier alpha value is -3.80. The average Bonchev–Trinajstić information content (AvgIpc) is 2.75. The molecule has 3 aromatic carbocycles. The summed E-state index contributed by atoms with van der Waals surface area (Å²) < 4.78 is 5.75. The summed E-state index contributed by atoms with van der Waals surface area (Å²) in [6.45, 7) is 0.426. The molecular weight excluding hydrogens is 366 g/mol. The summed E-state index contributed by atoms with van der Waals surface area (Å²) in [5, 5.41) is 5.44. The quantitative estimate of drug-likeness (QED) is 0.652. The fourth-order valence-electron chi connectivity index (χ4n) is 2.70. The third kappa shape index (κ3) is 5.59. The largest absolute Gasteiger partial charge is 0.457 e. The van der Waals surface area contributed by atoms with Gasteiger partial charge in [0, 0.05) is 31.9 Å². The SMILES string of the molecule is CNC(=O)c1ccc(CN(C)C(=O)Nc2ccc(Oc3ccccc3)cc2)cc1. The highest BCUT2D eigenvalue weighted by Gasteiger charge is 2.10. The lowest BCUT2D eigenvalue weighted by atomic mass is 10.1. The number of ether oxygens (including phenoxy) is 1. The zero-order chi connectivity index (χ0) is 20.6. The van der Waals surface area contributed by atoms with Gasteiger partial charge in [0.15, 0.2) is 0 Å². The second-order valence-corrected chi connectivity index (χ2v) is 6.50. The zero-order valence-electron chi connectivity index (χ0n) is 16.4. The van der Waals surface area contributed by atoms with Crippen LogP contribution in [0, 0.1) is 0 Å². The lowest BCUT2D eigenvalue weighted by Crippen LogP contribution is -2.30. The molecule has 3 amide bonds. The molecule has 6 heteroatoms. The topological polar surface area (TPSA) is 70.7 Å². The van der Waals surface area contributed by atoms with Crippen LogP contribution in [0.4, 0.5) is 10.5 Å². The highest BCUT2D eigenvalue weighted by atomic mass is 16.5. The Morgan fingerprint density at radius 2 is 1.48 bits per heavy atom. The molecule has 0 heterocycles. The third-order valence-corrected chi connectivity index (χ3v) is 4.29. The molecule has 29 heavy (non-hydrogen) atoms. The number of amides is 3. The molecule has 0 radical (unpaired) electrons. The predicted molar refractivity (Wildman–Crippen MR) is 113 cm³/mol. The van der Waals surface area contributed by atoms with Gasteiger partial charge in [0.25, 0.3) is 5.91 Å². The van der Waals surface area contributed by atoms with Crippen molar-refractivity contribution in [3.05, 3.63) is 90.0 Å². The van der Waals surface area contributed by atoms with Crippen LogP contribution in [-0.2, 0) is 6.54 Å². The minimum Gasteiger partial charge on any atom is -0.457 e. The molecule has 3 rings (SSSR count). The molecule has 6 nitrogen and oxygen atoms in total. The van der Waals surface area contributed by atoms with Gasteiger partial charge in [-0.3, -0.25) is 4.79 Å². The standard InChI is InChI=1S/C23H23N3O3/c1-24-22(27)18-10-8-17(9-11-18)16-26(2)23(28)25-19-12-14-21(15-13-19)29-20-6-4-3-5-7-20/h3-15H,16H2,1-2H3,(H,24,27)(H,25,28). The normalized spacial score (nSPS) is 10.1. The minimum atomic E-state index is -0.225. The van der Waals surface area contributed by atoms with Crippen molar-refractivity contribution in [2.75, 3.05) is 19.4 Å². The van der Waals surface area contributed by atoms with E-state index in [4.69, 9.17) is 4.74 Å². The van der Waals surface area contributed by atoms with Crippen LogP contribution in [0.25, 0.3) is 0 Å². The van der Waals surface area contributed by atoms with Crippen LogP contribution < -0.4 is 15.4 Å². The Kier molecular flexibility index (Phi) is 6.47. The second kappa shape index (κ2) is 9.41. The number of hydrogen-bond acceptors (Lipinski definition) is 3. The number of rotatable bonds is 6. The number of nitrogens with one attached hydrogen (secondary N) is 2. The lowest BCUT2D eigenvalue weighted by Gasteiger charge is -2.18. The molecule has 3 aromatic rings. The maximum absolute atomic E-state index is 12.4. The predicted octanol–water partition coefficient (Wildman–Crippen LogP) is 4.50. The van der Waals surface area contributed by atoms with E-state index in [0.29, 0.717) is 23.5 Å². The molecule has 0 atom stereocenters. The molecule has 0 aromatic heterocycles. The van der Waals surface area contributed by atoms with Crippen molar-refractivity contribution in [2.24, 2.45) is 0 Å². The van der Waals surface area contributed by atoms with E-state index in [2.05, 4.69) is 10.6 Å². The number of benzene rings is 3.